The summed E-state index contributed by atoms with van der Waals surface area (Å²) in [5, 5.41) is 40.0. The van der Waals surface area contributed by atoms with E-state index in [1.807, 2.05) is 0 Å². The minimum Gasteiger partial charge on any atom is -0.457 e. The molecule has 6 unspecified atom stereocenters. The van der Waals surface area contributed by atoms with Crippen molar-refractivity contribution in [1.29, 1.82) is 0 Å². The lowest BCUT2D eigenvalue weighted by atomic mass is 9.99. The van der Waals surface area contributed by atoms with E-state index in [1.165, 1.54) is 57.8 Å². The predicted octanol–water partition coefficient (Wildman–Crippen LogP) is 9.52. The lowest BCUT2D eigenvalue weighted by Crippen LogP contribution is -2.59. The molecule has 1 heterocycles. The normalized spacial score (nSPS) is 21.3. The second-order valence-electron chi connectivity index (χ2n) is 14.8. The Kier molecular flexibility index (Phi) is 34.7. The smallest absolute Gasteiger partial charge is 0.306 e. The van der Waals surface area contributed by atoms with Crippen molar-refractivity contribution < 1.29 is 44.2 Å². The number of aliphatic hydroxyl groups is 4. The Morgan fingerprint density at radius 3 is 1.67 bits per heavy atom. The van der Waals surface area contributed by atoms with Crippen molar-refractivity contribution >= 4 is 5.97 Å². The maximum Gasteiger partial charge on any atom is 0.306 e. The number of carbonyl (C=O) groups excluding carboxylic acids is 1. The van der Waals surface area contributed by atoms with Gasteiger partial charge in [0.1, 0.15) is 30.5 Å². The molecule has 1 aliphatic heterocycles. The van der Waals surface area contributed by atoms with Crippen LogP contribution in [0.15, 0.2) is 60.8 Å². The van der Waals surface area contributed by atoms with Gasteiger partial charge in [-0.15, -0.1) is 0 Å². The van der Waals surface area contributed by atoms with Gasteiger partial charge in [0.05, 0.1) is 19.8 Å². The monoisotopic (exact) mass is 777 g/mol. The number of unbranched alkanes of at least 4 members (excludes halogenated alkanes) is 15. The number of ether oxygens (including phenoxy) is 4. The first-order valence-electron chi connectivity index (χ1n) is 21.9. The van der Waals surface area contributed by atoms with Crippen LogP contribution in [-0.4, -0.2) is 89.6 Å². The van der Waals surface area contributed by atoms with Gasteiger partial charge >= 0.3 is 5.97 Å². The minimum atomic E-state index is -1.54. The molecule has 0 aromatic carbocycles. The van der Waals surface area contributed by atoms with E-state index in [0.717, 1.165) is 83.5 Å². The molecule has 1 rings (SSSR count). The third-order valence-corrected chi connectivity index (χ3v) is 9.70. The minimum absolute atomic E-state index is 0.123. The van der Waals surface area contributed by atoms with Gasteiger partial charge in [-0.3, -0.25) is 4.79 Å². The Morgan fingerprint density at radius 1 is 0.600 bits per heavy atom. The molecular weight excluding hydrogens is 696 g/mol. The van der Waals surface area contributed by atoms with E-state index in [-0.39, 0.29) is 19.2 Å². The van der Waals surface area contributed by atoms with Crippen LogP contribution in [0, 0.1) is 0 Å². The Bertz CT molecular complexity index is 1020. The highest BCUT2D eigenvalue weighted by molar-refractivity contribution is 5.69. The van der Waals surface area contributed by atoms with Gasteiger partial charge in [-0.05, 0) is 57.8 Å². The highest BCUT2D eigenvalue weighted by Gasteiger charge is 2.44. The standard InChI is InChI=1S/C46H80O9/c1-3-5-7-9-11-13-15-16-17-18-19-20-21-22-23-24-25-27-29-31-33-35-42(48)54-40(39-53-46-45(51)44(50)43(49)41(37-47)55-46)38-52-36-34-32-30-28-26-14-12-10-8-6-4-2/h5,7,11,13,16-17,19-20,22-23,40-41,43-47,49-51H,3-4,6,8-10,12,14-15,18,21,24-39H2,1-2H3/b7-5-,13-11-,17-16-,20-19-,23-22-. The lowest BCUT2D eigenvalue weighted by Gasteiger charge is -2.39. The van der Waals surface area contributed by atoms with Crippen LogP contribution in [0.25, 0.3) is 0 Å². The van der Waals surface area contributed by atoms with Gasteiger partial charge < -0.3 is 39.4 Å². The van der Waals surface area contributed by atoms with Crippen LogP contribution in [-0.2, 0) is 23.7 Å². The van der Waals surface area contributed by atoms with Crippen molar-refractivity contribution in [3.8, 4) is 0 Å². The van der Waals surface area contributed by atoms with E-state index in [2.05, 4.69) is 74.6 Å². The van der Waals surface area contributed by atoms with Gasteiger partial charge in [-0.1, -0.05) is 158 Å². The number of esters is 1. The summed E-state index contributed by atoms with van der Waals surface area (Å²) < 4.78 is 22.7. The molecule has 6 atom stereocenters. The first-order chi connectivity index (χ1) is 26.9. The SMILES string of the molecule is CC/C=C\C/C=C\C/C=C\C/C=C\C/C=C\CCCCCCCC(=O)OC(COCCCCCCCCCCCCC)COC1OC(CO)C(O)C(O)C1O. The molecule has 0 aromatic rings. The van der Waals surface area contributed by atoms with Gasteiger partial charge in [0.15, 0.2) is 6.29 Å². The van der Waals surface area contributed by atoms with E-state index >= 15 is 0 Å². The molecule has 0 amide bonds. The molecule has 1 saturated heterocycles. The number of hydrogen-bond donors (Lipinski definition) is 4. The van der Waals surface area contributed by atoms with Crippen molar-refractivity contribution in [3.63, 3.8) is 0 Å². The predicted molar refractivity (Wildman–Crippen MR) is 224 cm³/mol. The quantitative estimate of drug-likeness (QED) is 0.0279. The number of rotatable bonds is 36. The van der Waals surface area contributed by atoms with Gasteiger partial charge in [0.25, 0.3) is 0 Å². The van der Waals surface area contributed by atoms with Gasteiger partial charge in [0.2, 0.25) is 0 Å². The van der Waals surface area contributed by atoms with Gasteiger partial charge in [0, 0.05) is 13.0 Å². The summed E-state index contributed by atoms with van der Waals surface area (Å²) in [5.74, 6) is -0.334. The molecule has 55 heavy (non-hydrogen) atoms. The van der Waals surface area contributed by atoms with E-state index in [1.54, 1.807) is 0 Å². The summed E-state index contributed by atoms with van der Waals surface area (Å²) in [6.07, 6.45) is 39.6. The Labute approximate surface area is 335 Å². The summed E-state index contributed by atoms with van der Waals surface area (Å²) >= 11 is 0. The van der Waals surface area contributed by atoms with Crippen LogP contribution in [0.2, 0.25) is 0 Å². The molecule has 0 aliphatic carbocycles. The Hall–Kier alpha value is -2.11. The summed E-state index contributed by atoms with van der Waals surface area (Å²) in [4.78, 5) is 12.8. The molecule has 4 N–H and O–H groups in total. The van der Waals surface area contributed by atoms with Crippen molar-refractivity contribution in [3.05, 3.63) is 60.8 Å². The fourth-order valence-corrected chi connectivity index (χ4v) is 6.28. The highest BCUT2D eigenvalue weighted by Crippen LogP contribution is 2.22. The fourth-order valence-electron chi connectivity index (χ4n) is 6.28. The third-order valence-electron chi connectivity index (χ3n) is 9.70. The average molecular weight is 777 g/mol. The maximum atomic E-state index is 12.8. The molecule has 1 aliphatic rings. The Balaban J connectivity index is 2.28. The first-order valence-corrected chi connectivity index (χ1v) is 21.9. The van der Waals surface area contributed by atoms with Gasteiger partial charge in [-0.2, -0.15) is 0 Å². The molecule has 0 aromatic heterocycles. The van der Waals surface area contributed by atoms with Crippen LogP contribution < -0.4 is 0 Å². The van der Waals surface area contributed by atoms with Crippen molar-refractivity contribution in [2.24, 2.45) is 0 Å². The van der Waals surface area contributed by atoms with Crippen LogP contribution in [0.1, 0.15) is 162 Å². The largest absolute Gasteiger partial charge is 0.457 e. The lowest BCUT2D eigenvalue weighted by molar-refractivity contribution is -0.305. The van der Waals surface area contributed by atoms with Crippen LogP contribution in [0.4, 0.5) is 0 Å². The van der Waals surface area contributed by atoms with Crippen LogP contribution >= 0.6 is 0 Å². The molecule has 9 heteroatoms. The van der Waals surface area contributed by atoms with Crippen molar-refractivity contribution in [2.45, 2.75) is 198 Å². The molecular formula is C46H80O9. The number of carbonyl (C=O) groups is 1. The van der Waals surface area contributed by atoms with E-state index in [0.29, 0.717) is 13.0 Å². The number of aliphatic hydroxyl groups excluding tert-OH is 4. The average Bonchev–Trinajstić information content (AvgIpc) is 3.18. The molecule has 1 fully saturated rings. The number of hydrogen-bond acceptors (Lipinski definition) is 9. The van der Waals surface area contributed by atoms with Crippen molar-refractivity contribution in [2.75, 3.05) is 26.4 Å². The van der Waals surface area contributed by atoms with E-state index in [9.17, 15) is 25.2 Å². The van der Waals surface area contributed by atoms with Crippen molar-refractivity contribution in [1.82, 2.24) is 0 Å². The number of allylic oxidation sites excluding steroid dienone is 10. The molecule has 0 spiro atoms. The van der Waals surface area contributed by atoms with Crippen LogP contribution in [0.3, 0.4) is 0 Å². The zero-order valence-corrected chi connectivity index (χ0v) is 34.7. The molecule has 0 radical (unpaired) electrons. The summed E-state index contributed by atoms with van der Waals surface area (Å²) in [6, 6.07) is 0. The van der Waals surface area contributed by atoms with Gasteiger partial charge in [-0.25, -0.2) is 0 Å². The zero-order chi connectivity index (χ0) is 40.0. The highest BCUT2D eigenvalue weighted by atomic mass is 16.7. The summed E-state index contributed by atoms with van der Waals surface area (Å²) in [6.45, 7) is 4.41. The second kappa shape index (κ2) is 37.5. The topological polar surface area (TPSA) is 135 Å². The maximum absolute atomic E-state index is 12.8. The summed E-state index contributed by atoms with van der Waals surface area (Å²) in [5.41, 5.74) is 0. The molecule has 318 valence electrons. The zero-order valence-electron chi connectivity index (χ0n) is 34.7. The fraction of sp³-hybridized carbons (Fsp3) is 0.761. The summed E-state index contributed by atoms with van der Waals surface area (Å²) in [7, 11) is 0. The molecule has 9 nitrogen and oxygen atoms in total. The Morgan fingerprint density at radius 2 is 1.11 bits per heavy atom. The second-order valence-corrected chi connectivity index (χ2v) is 14.8. The molecule has 0 saturated carbocycles. The van der Waals surface area contributed by atoms with E-state index in [4.69, 9.17) is 18.9 Å². The van der Waals surface area contributed by atoms with Crippen LogP contribution in [0.5, 0.6) is 0 Å². The first kappa shape index (κ1) is 50.9. The molecule has 0 bridgehead atoms. The van der Waals surface area contributed by atoms with E-state index < -0.39 is 43.4 Å². The third kappa shape index (κ3) is 28.9.